The van der Waals surface area contributed by atoms with Crippen LogP contribution in [0.4, 0.5) is 10.5 Å². The number of nitrogens with zero attached hydrogens (tertiary/aromatic N) is 3. The number of amidine groups is 1. The number of hydrogen-bond donors (Lipinski definition) is 3. The van der Waals surface area contributed by atoms with Gasteiger partial charge in [0, 0.05) is 61.5 Å². The van der Waals surface area contributed by atoms with Gasteiger partial charge in [0.05, 0.1) is 4.90 Å². The fourth-order valence-electron chi connectivity index (χ4n) is 4.70. The smallest absolute Gasteiger partial charge is 0.324 e. The van der Waals surface area contributed by atoms with E-state index in [0.29, 0.717) is 61.8 Å². The van der Waals surface area contributed by atoms with Crippen LogP contribution in [0.1, 0.15) is 18.4 Å². The molecule has 9 nitrogen and oxygen atoms in total. The summed E-state index contributed by atoms with van der Waals surface area (Å²) < 4.78 is 27.5. The Labute approximate surface area is 210 Å². The van der Waals surface area contributed by atoms with Crippen LogP contribution in [-0.4, -0.2) is 73.9 Å². The molecule has 4 N–H and O–H groups in total. The van der Waals surface area contributed by atoms with Crippen LogP contribution in [0.3, 0.4) is 0 Å². The first-order valence-corrected chi connectivity index (χ1v) is 13.4. The summed E-state index contributed by atoms with van der Waals surface area (Å²) in [5.74, 6) is -0.0454. The summed E-state index contributed by atoms with van der Waals surface area (Å²) in [7, 11) is -3.62. The molecule has 11 heteroatoms. The van der Waals surface area contributed by atoms with Crippen LogP contribution < -0.4 is 10.6 Å². The summed E-state index contributed by atoms with van der Waals surface area (Å²) in [6, 6.07) is 13.1. The zero-order valence-electron chi connectivity index (χ0n) is 19.3. The van der Waals surface area contributed by atoms with Crippen molar-refractivity contribution in [2.75, 3.05) is 44.2 Å². The Morgan fingerprint density at radius 2 is 1.80 bits per heavy atom. The predicted octanol–water partition coefficient (Wildman–Crippen LogP) is 2.58. The van der Waals surface area contributed by atoms with Gasteiger partial charge in [-0.2, -0.15) is 4.31 Å². The Morgan fingerprint density at radius 1 is 1.09 bits per heavy atom. The van der Waals surface area contributed by atoms with Crippen molar-refractivity contribution in [1.82, 2.24) is 9.21 Å². The molecule has 35 heavy (non-hydrogen) atoms. The number of sulfonamides is 1. The number of rotatable bonds is 7. The number of carbonyl (C=O) groups is 1. The summed E-state index contributed by atoms with van der Waals surface area (Å²) in [6.07, 6.45) is 1.26. The lowest BCUT2D eigenvalue weighted by atomic mass is 9.96. The predicted molar refractivity (Wildman–Crippen MR) is 135 cm³/mol. The van der Waals surface area contributed by atoms with E-state index in [1.54, 1.807) is 52.3 Å². The molecule has 2 aromatic carbocycles. The lowest BCUT2D eigenvalue weighted by molar-refractivity contribution is 0.128. The van der Waals surface area contributed by atoms with Crippen LogP contribution in [0.5, 0.6) is 0 Å². The molecule has 2 aromatic rings. The molecule has 0 aromatic heterocycles. The maximum atomic E-state index is 13.3. The van der Waals surface area contributed by atoms with Gasteiger partial charge in [0.25, 0.3) is 0 Å². The van der Waals surface area contributed by atoms with E-state index < -0.39 is 10.0 Å². The Kier molecular flexibility index (Phi) is 7.65. The topological polar surface area (TPSA) is 131 Å². The molecule has 0 aliphatic carbocycles. The molecule has 0 saturated carbocycles. The second-order valence-electron chi connectivity index (χ2n) is 9.12. The number of amides is 2. The van der Waals surface area contributed by atoms with Crippen LogP contribution in [-0.2, 0) is 10.0 Å². The third-order valence-electron chi connectivity index (χ3n) is 6.63. The molecular weight excluding hydrogens is 490 g/mol. The largest absolute Gasteiger partial charge is 0.396 e. The first-order chi connectivity index (χ1) is 16.7. The van der Waals surface area contributed by atoms with E-state index in [-0.39, 0.29) is 35.2 Å². The first-order valence-electron chi connectivity index (χ1n) is 11.6. The molecule has 2 amide bonds. The Balaban J connectivity index is 1.43. The van der Waals surface area contributed by atoms with Crippen molar-refractivity contribution in [2.45, 2.75) is 17.7 Å². The third-order valence-corrected chi connectivity index (χ3v) is 8.76. The number of hydrogen-bond acceptors (Lipinski definition) is 5. The minimum atomic E-state index is -3.62. The fraction of sp³-hybridized carbons (Fsp3) is 0.417. The van der Waals surface area contributed by atoms with E-state index in [0.717, 1.165) is 0 Å². The number of benzene rings is 2. The van der Waals surface area contributed by atoms with Gasteiger partial charge in [-0.25, -0.2) is 13.2 Å². The van der Waals surface area contributed by atoms with E-state index in [1.165, 1.54) is 10.4 Å². The quantitative estimate of drug-likeness (QED) is 0.382. The van der Waals surface area contributed by atoms with Gasteiger partial charge in [-0.3, -0.25) is 10.3 Å². The van der Waals surface area contributed by atoms with Crippen LogP contribution in [0, 0.1) is 17.2 Å². The average Bonchev–Trinajstić information content (AvgIpc) is 2.85. The highest BCUT2D eigenvalue weighted by molar-refractivity contribution is 7.89. The maximum Gasteiger partial charge on any atom is 0.324 e. The molecule has 1 atom stereocenters. The Morgan fingerprint density at radius 3 is 2.46 bits per heavy atom. The summed E-state index contributed by atoms with van der Waals surface area (Å²) in [5.41, 5.74) is 6.78. The van der Waals surface area contributed by atoms with E-state index in [9.17, 15) is 18.3 Å². The van der Waals surface area contributed by atoms with Crippen molar-refractivity contribution >= 4 is 39.2 Å². The van der Waals surface area contributed by atoms with Crippen molar-refractivity contribution in [3.63, 3.8) is 0 Å². The third kappa shape index (κ3) is 5.61. The lowest BCUT2D eigenvalue weighted by Crippen LogP contribution is -2.56. The van der Waals surface area contributed by atoms with Crippen molar-refractivity contribution in [1.29, 1.82) is 5.41 Å². The summed E-state index contributed by atoms with van der Waals surface area (Å²) in [6.45, 7) is 2.00. The Hall–Kier alpha value is -2.66. The molecular formula is C24H30ClN5O4S. The molecule has 188 valence electrons. The van der Waals surface area contributed by atoms with E-state index in [2.05, 4.69) is 0 Å². The van der Waals surface area contributed by atoms with Crippen molar-refractivity contribution in [3.8, 4) is 0 Å². The minimum Gasteiger partial charge on any atom is -0.396 e. The molecule has 4 rings (SSSR count). The number of urea groups is 1. The number of nitrogens with one attached hydrogen (secondary N) is 1. The highest BCUT2D eigenvalue weighted by atomic mass is 35.5. The summed E-state index contributed by atoms with van der Waals surface area (Å²) in [5, 5.41) is 17.9. The zero-order chi connectivity index (χ0) is 25.2. The van der Waals surface area contributed by atoms with Gasteiger partial charge in [0.2, 0.25) is 10.0 Å². The lowest BCUT2D eigenvalue weighted by Gasteiger charge is -2.42. The molecule has 1 unspecified atom stereocenters. The zero-order valence-corrected chi connectivity index (χ0v) is 20.9. The molecule has 0 bridgehead atoms. The van der Waals surface area contributed by atoms with Crippen LogP contribution in [0.15, 0.2) is 53.4 Å². The number of halogens is 1. The highest BCUT2D eigenvalue weighted by Gasteiger charge is 2.36. The minimum absolute atomic E-state index is 0.0526. The molecule has 2 heterocycles. The SMILES string of the molecule is N=C(N)c1cccc(N2CC(CO)CN(CC3CCN(S(=O)(=O)c4cccc(Cl)c4)CC3)C2=O)c1. The van der Waals surface area contributed by atoms with Crippen LogP contribution >= 0.6 is 11.6 Å². The van der Waals surface area contributed by atoms with Crippen molar-refractivity contribution < 1.29 is 18.3 Å². The van der Waals surface area contributed by atoms with Gasteiger partial charge in [-0.05, 0) is 49.1 Å². The van der Waals surface area contributed by atoms with Crippen molar-refractivity contribution in [3.05, 3.63) is 59.1 Å². The monoisotopic (exact) mass is 519 g/mol. The fourth-order valence-corrected chi connectivity index (χ4v) is 6.47. The number of nitrogen functional groups attached to an aromatic ring is 1. The molecule has 0 spiro atoms. The number of carbonyl (C=O) groups excluding carboxylic acids is 1. The number of piperidine rings is 1. The first kappa shape index (κ1) is 25.4. The van der Waals surface area contributed by atoms with E-state index in [4.69, 9.17) is 22.7 Å². The van der Waals surface area contributed by atoms with E-state index in [1.807, 2.05) is 0 Å². The molecule has 2 saturated heterocycles. The normalized spacial score (nSPS) is 20.3. The second kappa shape index (κ2) is 10.5. The van der Waals surface area contributed by atoms with Crippen LogP contribution in [0.2, 0.25) is 5.02 Å². The summed E-state index contributed by atoms with van der Waals surface area (Å²) in [4.78, 5) is 16.9. The van der Waals surface area contributed by atoms with Crippen molar-refractivity contribution in [2.24, 2.45) is 17.6 Å². The summed E-state index contributed by atoms with van der Waals surface area (Å²) >= 11 is 5.98. The van der Waals surface area contributed by atoms with E-state index >= 15 is 0 Å². The maximum absolute atomic E-state index is 13.3. The Bertz CT molecular complexity index is 1200. The highest BCUT2D eigenvalue weighted by Crippen LogP contribution is 2.28. The van der Waals surface area contributed by atoms with Gasteiger partial charge >= 0.3 is 6.03 Å². The number of aliphatic hydroxyl groups is 1. The standard InChI is InChI=1S/C24H30ClN5O4S/c25-20-4-2-6-22(12-20)35(33,34)29-9-7-17(8-10-29)13-28-14-18(16-31)15-30(24(28)32)21-5-1-3-19(11-21)23(26)27/h1-6,11-12,17-18,31H,7-10,13-16H2,(H3,26,27). The van der Waals surface area contributed by atoms with Gasteiger partial charge in [-0.1, -0.05) is 29.8 Å². The molecule has 2 aliphatic rings. The molecule has 2 aliphatic heterocycles. The number of aliphatic hydroxyl groups excluding tert-OH is 1. The van der Waals surface area contributed by atoms with Gasteiger partial charge in [0.15, 0.2) is 0 Å². The van der Waals surface area contributed by atoms with Gasteiger partial charge in [0.1, 0.15) is 5.84 Å². The molecule has 2 fully saturated rings. The van der Waals surface area contributed by atoms with Gasteiger partial charge in [-0.15, -0.1) is 0 Å². The average molecular weight is 520 g/mol. The number of nitrogens with two attached hydrogens (primary N) is 1. The van der Waals surface area contributed by atoms with Crippen LogP contribution in [0.25, 0.3) is 0 Å². The second-order valence-corrected chi connectivity index (χ2v) is 11.5. The van der Waals surface area contributed by atoms with Gasteiger partial charge < -0.3 is 15.7 Å². The number of anilines is 1. The molecule has 0 radical (unpaired) electrons.